The summed E-state index contributed by atoms with van der Waals surface area (Å²) in [4.78, 5) is 10.6. The molecule has 0 spiro atoms. The lowest BCUT2D eigenvalue weighted by Gasteiger charge is -2.27. The normalized spacial score (nSPS) is 18.7. The van der Waals surface area contributed by atoms with Gasteiger partial charge in [-0.1, -0.05) is 0 Å². The van der Waals surface area contributed by atoms with Gasteiger partial charge in [0.05, 0.1) is 5.97 Å². The highest BCUT2D eigenvalue weighted by molar-refractivity contribution is 5.71. The monoisotopic (exact) mass is 207 g/mol. The lowest BCUT2D eigenvalue weighted by Crippen LogP contribution is -2.45. The molecule has 2 rings (SSSR count). The molecule has 0 N–H and O–H groups in total. The van der Waals surface area contributed by atoms with E-state index in [0.717, 1.165) is 11.1 Å². The predicted molar refractivity (Wildman–Crippen MR) is 50.8 cm³/mol. The van der Waals surface area contributed by atoms with Crippen molar-refractivity contribution in [1.29, 1.82) is 0 Å². The van der Waals surface area contributed by atoms with Crippen LogP contribution in [0.4, 0.5) is 0 Å². The summed E-state index contributed by atoms with van der Waals surface area (Å²) in [7, 11) is 0. The molecule has 4 nitrogen and oxygen atoms in total. The van der Waals surface area contributed by atoms with E-state index in [-0.39, 0.29) is 6.61 Å². The van der Waals surface area contributed by atoms with Crippen LogP contribution in [0.1, 0.15) is 11.1 Å². The first-order valence-electron chi connectivity index (χ1n) is 4.69. The molecular weight excluding hydrogens is 196 g/mol. The van der Waals surface area contributed by atoms with Gasteiger partial charge < -0.3 is 19.4 Å². The number of hydrogen-bond donors (Lipinski definition) is 0. The smallest absolute Gasteiger partial charge is 0.172 e. The highest BCUT2D eigenvalue weighted by Crippen LogP contribution is 2.34. The third-order valence-corrected chi connectivity index (χ3v) is 2.48. The zero-order valence-electron chi connectivity index (χ0n) is 8.57. The van der Waals surface area contributed by atoms with Crippen LogP contribution >= 0.6 is 0 Å². The summed E-state index contributed by atoms with van der Waals surface area (Å²) in [6, 6.07) is 3.62. The Bertz CT molecular complexity index is 411. The van der Waals surface area contributed by atoms with Gasteiger partial charge in [0.15, 0.2) is 17.6 Å². The quantitative estimate of drug-likeness (QED) is 0.659. The topological polar surface area (TPSA) is 58.6 Å². The molecule has 15 heavy (non-hydrogen) atoms. The van der Waals surface area contributed by atoms with Gasteiger partial charge in [0.25, 0.3) is 0 Å². The van der Waals surface area contributed by atoms with E-state index in [1.54, 1.807) is 6.07 Å². The molecule has 1 aromatic rings. The van der Waals surface area contributed by atoms with Gasteiger partial charge in [-0.05, 0) is 37.1 Å². The molecule has 0 bridgehead atoms. The summed E-state index contributed by atoms with van der Waals surface area (Å²) in [5.41, 5.74) is 2.13. The maximum atomic E-state index is 10.6. The summed E-state index contributed by atoms with van der Waals surface area (Å²) in [5.74, 6) is -0.187. The van der Waals surface area contributed by atoms with Gasteiger partial charge in [0.2, 0.25) is 0 Å². The molecule has 1 atom stereocenters. The molecule has 0 saturated carbocycles. The fraction of sp³-hybridized carbons (Fsp3) is 0.364. The first kappa shape index (κ1) is 9.83. The van der Waals surface area contributed by atoms with Gasteiger partial charge in [-0.15, -0.1) is 0 Å². The Kier molecular flexibility index (Phi) is 2.26. The fourth-order valence-electron chi connectivity index (χ4n) is 1.44. The molecule has 1 unspecified atom stereocenters. The molecule has 0 amide bonds. The average Bonchev–Trinajstić information content (AvgIpc) is 2.19. The summed E-state index contributed by atoms with van der Waals surface area (Å²) in [6.45, 7) is 3.89. The van der Waals surface area contributed by atoms with Crippen molar-refractivity contribution in [2.24, 2.45) is 0 Å². The highest BCUT2D eigenvalue weighted by Gasteiger charge is 2.22. The molecule has 0 fully saturated rings. The zero-order chi connectivity index (χ0) is 11.0. The number of aryl methyl sites for hydroxylation is 2. The van der Waals surface area contributed by atoms with Crippen molar-refractivity contribution in [2.45, 2.75) is 20.0 Å². The van der Waals surface area contributed by atoms with E-state index in [1.807, 2.05) is 19.9 Å². The van der Waals surface area contributed by atoms with Crippen molar-refractivity contribution in [3.8, 4) is 11.5 Å². The van der Waals surface area contributed by atoms with Gasteiger partial charge in [0.1, 0.15) is 6.61 Å². The van der Waals surface area contributed by atoms with Crippen molar-refractivity contribution in [3.63, 3.8) is 0 Å². The second-order valence-corrected chi connectivity index (χ2v) is 3.62. The van der Waals surface area contributed by atoms with Crippen LogP contribution in [0.2, 0.25) is 0 Å². The van der Waals surface area contributed by atoms with E-state index in [4.69, 9.17) is 9.47 Å². The zero-order valence-corrected chi connectivity index (χ0v) is 8.57. The number of benzene rings is 1. The SMILES string of the molecule is Cc1cc2c(cc1C)OC(C(=O)[O-])CO2. The van der Waals surface area contributed by atoms with Crippen LogP contribution in [-0.2, 0) is 4.79 Å². The molecule has 0 radical (unpaired) electrons. The molecule has 0 saturated heterocycles. The Morgan fingerprint density at radius 3 is 2.53 bits per heavy atom. The summed E-state index contributed by atoms with van der Waals surface area (Å²) in [5, 5.41) is 10.6. The van der Waals surface area contributed by atoms with Crippen LogP contribution in [-0.4, -0.2) is 18.7 Å². The number of ether oxygens (including phenoxy) is 2. The lowest BCUT2D eigenvalue weighted by atomic mass is 10.1. The highest BCUT2D eigenvalue weighted by atomic mass is 16.6. The molecule has 0 aromatic heterocycles. The van der Waals surface area contributed by atoms with Crippen LogP contribution in [0.15, 0.2) is 12.1 Å². The Labute approximate surface area is 87.4 Å². The van der Waals surface area contributed by atoms with Gasteiger partial charge in [-0.2, -0.15) is 0 Å². The minimum absolute atomic E-state index is 0.00215. The van der Waals surface area contributed by atoms with Gasteiger partial charge >= 0.3 is 0 Å². The fourth-order valence-corrected chi connectivity index (χ4v) is 1.44. The number of hydrogen-bond acceptors (Lipinski definition) is 4. The molecular formula is C11H11O4-. The Hall–Kier alpha value is -1.71. The minimum atomic E-state index is -1.25. The van der Waals surface area contributed by atoms with Gasteiger partial charge in [-0.25, -0.2) is 0 Å². The lowest BCUT2D eigenvalue weighted by molar-refractivity contribution is -0.315. The van der Waals surface area contributed by atoms with Crippen molar-refractivity contribution in [1.82, 2.24) is 0 Å². The Morgan fingerprint density at radius 1 is 1.33 bits per heavy atom. The number of rotatable bonds is 1. The van der Waals surface area contributed by atoms with E-state index < -0.39 is 12.1 Å². The first-order chi connectivity index (χ1) is 7.08. The van der Waals surface area contributed by atoms with Crippen LogP contribution < -0.4 is 14.6 Å². The maximum absolute atomic E-state index is 10.6. The molecule has 0 aliphatic carbocycles. The first-order valence-corrected chi connectivity index (χ1v) is 4.69. The molecule has 1 aromatic carbocycles. The van der Waals surface area contributed by atoms with Crippen molar-refractivity contribution in [3.05, 3.63) is 23.3 Å². The van der Waals surface area contributed by atoms with E-state index in [0.29, 0.717) is 11.5 Å². The number of fused-ring (bicyclic) bond motifs is 1. The van der Waals surface area contributed by atoms with E-state index >= 15 is 0 Å². The van der Waals surface area contributed by atoms with E-state index in [2.05, 4.69) is 0 Å². The summed E-state index contributed by atoms with van der Waals surface area (Å²) >= 11 is 0. The van der Waals surface area contributed by atoms with Crippen molar-refractivity contribution in [2.75, 3.05) is 6.61 Å². The van der Waals surface area contributed by atoms with Crippen LogP contribution in [0.25, 0.3) is 0 Å². The van der Waals surface area contributed by atoms with Gasteiger partial charge in [0, 0.05) is 0 Å². The third kappa shape index (κ3) is 1.75. The van der Waals surface area contributed by atoms with E-state index in [1.165, 1.54) is 0 Å². The number of carboxylic acids is 1. The Morgan fingerprint density at radius 2 is 1.93 bits per heavy atom. The summed E-state index contributed by atoms with van der Waals surface area (Å²) in [6.07, 6.45) is -1.01. The molecule has 1 aliphatic rings. The number of carboxylic acid groups (broad SMARTS) is 1. The number of carbonyl (C=O) groups is 1. The van der Waals surface area contributed by atoms with Gasteiger partial charge in [-0.3, -0.25) is 0 Å². The van der Waals surface area contributed by atoms with Crippen LogP contribution in [0.5, 0.6) is 11.5 Å². The number of aliphatic carboxylic acids is 1. The Balaban J connectivity index is 2.34. The molecule has 1 aliphatic heterocycles. The van der Waals surface area contributed by atoms with E-state index in [9.17, 15) is 9.90 Å². The predicted octanol–water partition coefficient (Wildman–Crippen LogP) is 0.193. The maximum Gasteiger partial charge on any atom is 0.172 e. The third-order valence-electron chi connectivity index (χ3n) is 2.48. The number of carbonyl (C=O) groups excluding carboxylic acids is 1. The minimum Gasteiger partial charge on any atom is -0.546 e. The van der Waals surface area contributed by atoms with Crippen molar-refractivity contribution < 1.29 is 19.4 Å². The second-order valence-electron chi connectivity index (χ2n) is 3.62. The molecule has 1 heterocycles. The van der Waals surface area contributed by atoms with Crippen LogP contribution in [0.3, 0.4) is 0 Å². The largest absolute Gasteiger partial charge is 0.546 e. The van der Waals surface area contributed by atoms with Crippen molar-refractivity contribution >= 4 is 5.97 Å². The average molecular weight is 207 g/mol. The molecule has 4 heteroatoms. The second kappa shape index (κ2) is 3.46. The molecule has 80 valence electrons. The summed E-state index contributed by atoms with van der Waals surface area (Å²) < 4.78 is 10.5. The standard InChI is InChI=1S/C11H12O4/c1-6-3-8-9(4-7(6)2)15-10(5-14-8)11(12)13/h3-4,10H,5H2,1-2H3,(H,12,13)/p-1. The van der Waals surface area contributed by atoms with Crippen LogP contribution in [0, 0.1) is 13.8 Å².